The Balaban J connectivity index is 1.89. The fourth-order valence-corrected chi connectivity index (χ4v) is 2.84. The Morgan fingerprint density at radius 2 is 1.76 bits per heavy atom. The van der Waals surface area contributed by atoms with E-state index in [0.717, 1.165) is 0 Å². The maximum absolute atomic E-state index is 11.9. The van der Waals surface area contributed by atoms with Crippen LogP contribution in [-0.2, 0) is 35.2 Å². The predicted octanol–water partition coefficient (Wildman–Crippen LogP) is 1.14. The van der Waals surface area contributed by atoms with Crippen molar-refractivity contribution in [2.24, 2.45) is 5.73 Å². The molecule has 3 rings (SSSR count). The quantitative estimate of drug-likeness (QED) is 0.777. The van der Waals surface area contributed by atoms with Crippen molar-refractivity contribution in [3.63, 3.8) is 0 Å². The molecule has 0 amide bonds. The lowest BCUT2D eigenvalue weighted by Gasteiger charge is -2.20. The molecule has 0 bridgehead atoms. The van der Waals surface area contributed by atoms with Gasteiger partial charge >= 0.3 is 5.97 Å². The van der Waals surface area contributed by atoms with Crippen LogP contribution in [0.15, 0.2) is 12.1 Å². The van der Waals surface area contributed by atoms with Gasteiger partial charge in [-0.3, -0.25) is 4.79 Å². The van der Waals surface area contributed by atoms with E-state index in [1.807, 2.05) is 6.92 Å². The van der Waals surface area contributed by atoms with Crippen molar-refractivity contribution in [1.29, 1.82) is 0 Å². The summed E-state index contributed by atoms with van der Waals surface area (Å²) in [6.07, 6.45) is 3.57. The first-order valence-corrected chi connectivity index (χ1v) is 6.22. The van der Waals surface area contributed by atoms with Crippen molar-refractivity contribution in [3.05, 3.63) is 34.4 Å². The summed E-state index contributed by atoms with van der Waals surface area (Å²) in [6, 6.07) is 4.45. The third kappa shape index (κ3) is 1.57. The minimum Gasteiger partial charge on any atom is -0.465 e. The van der Waals surface area contributed by atoms with Gasteiger partial charge in [0, 0.05) is 12.8 Å². The molecule has 0 spiro atoms. The fourth-order valence-electron chi connectivity index (χ4n) is 2.84. The summed E-state index contributed by atoms with van der Waals surface area (Å²) in [7, 11) is 0. The second kappa shape index (κ2) is 3.57. The number of carbonyl (C=O) groups excluding carboxylic acids is 1. The molecule has 0 saturated carbocycles. The Bertz CT molecular complexity index is 460. The first kappa shape index (κ1) is 10.8. The monoisotopic (exact) mass is 231 g/mol. The Labute approximate surface area is 101 Å². The van der Waals surface area contributed by atoms with Gasteiger partial charge in [0.25, 0.3) is 0 Å². The zero-order valence-corrected chi connectivity index (χ0v) is 10.1. The number of nitrogens with two attached hydrogens (primary N) is 1. The molecule has 1 aromatic rings. The van der Waals surface area contributed by atoms with Crippen molar-refractivity contribution in [3.8, 4) is 0 Å². The number of hydrogen-bond acceptors (Lipinski definition) is 3. The Morgan fingerprint density at radius 3 is 2.18 bits per heavy atom. The molecule has 0 aliphatic heterocycles. The molecule has 0 unspecified atom stereocenters. The van der Waals surface area contributed by atoms with E-state index in [1.54, 1.807) is 0 Å². The van der Waals surface area contributed by atoms with Crippen LogP contribution in [-0.4, -0.2) is 18.1 Å². The predicted molar refractivity (Wildman–Crippen MR) is 64.8 cm³/mol. The van der Waals surface area contributed by atoms with Gasteiger partial charge < -0.3 is 10.5 Å². The molecule has 0 saturated heterocycles. The fraction of sp³-hybridized carbons (Fsp3) is 0.500. The Kier molecular flexibility index (Phi) is 2.26. The maximum Gasteiger partial charge on any atom is 0.326 e. The number of fused-ring (bicyclic) bond motifs is 2. The Hall–Kier alpha value is -1.35. The number of ether oxygens (including phenoxy) is 1. The van der Waals surface area contributed by atoms with Crippen LogP contribution in [0.1, 0.15) is 29.2 Å². The molecule has 90 valence electrons. The van der Waals surface area contributed by atoms with Gasteiger partial charge in [-0.25, -0.2) is 0 Å². The van der Waals surface area contributed by atoms with Gasteiger partial charge in [-0.1, -0.05) is 12.1 Å². The summed E-state index contributed by atoms with van der Waals surface area (Å²) in [6.45, 7) is 2.21. The van der Waals surface area contributed by atoms with Gasteiger partial charge in [-0.05, 0) is 42.0 Å². The molecule has 2 aliphatic rings. The second-order valence-corrected chi connectivity index (χ2v) is 5.12. The first-order chi connectivity index (χ1) is 8.12. The summed E-state index contributed by atoms with van der Waals surface area (Å²) in [5, 5.41) is 0. The average molecular weight is 231 g/mol. The largest absolute Gasteiger partial charge is 0.465 e. The van der Waals surface area contributed by atoms with E-state index < -0.39 is 5.54 Å². The number of esters is 1. The highest BCUT2D eigenvalue weighted by atomic mass is 16.5. The van der Waals surface area contributed by atoms with E-state index in [4.69, 9.17) is 10.5 Å². The van der Waals surface area contributed by atoms with Crippen LogP contribution in [0.3, 0.4) is 0 Å². The molecule has 3 heteroatoms. The van der Waals surface area contributed by atoms with Crippen LogP contribution in [0, 0.1) is 0 Å². The van der Waals surface area contributed by atoms with Gasteiger partial charge in [0.05, 0.1) is 6.61 Å². The molecular formula is C14H17NO2. The highest BCUT2D eigenvalue weighted by Gasteiger charge is 2.42. The average Bonchev–Trinajstić information content (AvgIpc) is 2.59. The van der Waals surface area contributed by atoms with E-state index in [9.17, 15) is 4.79 Å². The normalized spacial score (nSPS) is 19.2. The highest BCUT2D eigenvalue weighted by molar-refractivity contribution is 5.83. The molecule has 17 heavy (non-hydrogen) atoms. The van der Waals surface area contributed by atoms with Crippen LogP contribution < -0.4 is 5.73 Å². The second-order valence-electron chi connectivity index (χ2n) is 5.12. The van der Waals surface area contributed by atoms with Crippen molar-refractivity contribution < 1.29 is 9.53 Å². The van der Waals surface area contributed by atoms with E-state index in [0.29, 0.717) is 19.4 Å². The van der Waals surface area contributed by atoms with Gasteiger partial charge in [0.2, 0.25) is 0 Å². The zero-order valence-electron chi connectivity index (χ0n) is 10.1. The van der Waals surface area contributed by atoms with Crippen LogP contribution in [0.2, 0.25) is 0 Å². The third-order valence-electron chi connectivity index (χ3n) is 3.88. The summed E-state index contributed by atoms with van der Waals surface area (Å²) in [5.41, 5.74) is 10.7. The van der Waals surface area contributed by atoms with Crippen LogP contribution in [0.4, 0.5) is 0 Å². The van der Waals surface area contributed by atoms with Gasteiger partial charge in [-0.15, -0.1) is 0 Å². The lowest BCUT2D eigenvalue weighted by Crippen LogP contribution is -2.50. The summed E-state index contributed by atoms with van der Waals surface area (Å²) in [4.78, 5) is 11.9. The van der Waals surface area contributed by atoms with Crippen LogP contribution in [0.25, 0.3) is 0 Å². The summed E-state index contributed by atoms with van der Waals surface area (Å²) >= 11 is 0. The van der Waals surface area contributed by atoms with Crippen LogP contribution >= 0.6 is 0 Å². The molecule has 0 radical (unpaired) electrons. The Morgan fingerprint density at radius 1 is 1.24 bits per heavy atom. The van der Waals surface area contributed by atoms with Gasteiger partial charge in [0.15, 0.2) is 0 Å². The van der Waals surface area contributed by atoms with E-state index >= 15 is 0 Å². The van der Waals surface area contributed by atoms with Gasteiger partial charge in [-0.2, -0.15) is 0 Å². The van der Waals surface area contributed by atoms with Crippen molar-refractivity contribution in [2.75, 3.05) is 6.61 Å². The summed E-state index contributed by atoms with van der Waals surface area (Å²) in [5.74, 6) is -0.265. The molecular weight excluding hydrogens is 214 g/mol. The molecule has 2 N–H and O–H groups in total. The van der Waals surface area contributed by atoms with E-state index in [1.165, 1.54) is 35.1 Å². The number of hydrogen-bond donors (Lipinski definition) is 1. The highest BCUT2D eigenvalue weighted by Crippen LogP contribution is 2.35. The number of rotatable bonds is 2. The molecule has 0 fully saturated rings. The minimum absolute atomic E-state index is 0.265. The maximum atomic E-state index is 11.9. The third-order valence-corrected chi connectivity index (χ3v) is 3.88. The smallest absolute Gasteiger partial charge is 0.326 e. The number of benzene rings is 1. The molecule has 0 aromatic heterocycles. The van der Waals surface area contributed by atoms with Crippen LogP contribution in [0.5, 0.6) is 0 Å². The van der Waals surface area contributed by atoms with E-state index in [2.05, 4.69) is 12.1 Å². The lowest BCUT2D eigenvalue weighted by atomic mass is 9.85. The summed E-state index contributed by atoms with van der Waals surface area (Å²) < 4.78 is 5.07. The number of aryl methyl sites for hydroxylation is 2. The number of carbonyl (C=O) groups is 1. The van der Waals surface area contributed by atoms with Crippen molar-refractivity contribution in [2.45, 2.75) is 38.1 Å². The SMILES string of the molecule is CCOC(=O)C1(N)Cc2cc3c(cc2C1)CC3. The molecule has 3 nitrogen and oxygen atoms in total. The standard InChI is InChI=1S/C14H17NO2/c1-2-17-13(16)14(15)7-11-5-9-3-4-10(9)6-12(11)8-14/h5-6H,2-4,7-8,15H2,1H3. The first-order valence-electron chi connectivity index (χ1n) is 6.22. The minimum atomic E-state index is -0.835. The molecule has 2 aliphatic carbocycles. The molecule has 1 aromatic carbocycles. The lowest BCUT2D eigenvalue weighted by molar-refractivity contribution is -0.149. The topological polar surface area (TPSA) is 52.3 Å². The van der Waals surface area contributed by atoms with Crippen molar-refractivity contribution >= 4 is 5.97 Å². The molecule has 0 atom stereocenters. The molecule has 0 heterocycles. The van der Waals surface area contributed by atoms with E-state index in [-0.39, 0.29) is 5.97 Å². The van der Waals surface area contributed by atoms with Crippen molar-refractivity contribution in [1.82, 2.24) is 0 Å². The van der Waals surface area contributed by atoms with Gasteiger partial charge in [0.1, 0.15) is 5.54 Å². The zero-order chi connectivity index (χ0) is 12.0.